The minimum atomic E-state index is -1.34. The van der Waals surface area contributed by atoms with E-state index in [-0.39, 0.29) is 0 Å². The van der Waals surface area contributed by atoms with Crippen LogP contribution in [0.15, 0.2) is 42.6 Å². The van der Waals surface area contributed by atoms with E-state index < -0.39 is 5.67 Å². The number of alkyl halides is 1. The van der Waals surface area contributed by atoms with Crippen LogP contribution in [0.5, 0.6) is 5.75 Å². The van der Waals surface area contributed by atoms with E-state index in [1.165, 1.54) is 13.8 Å². The summed E-state index contributed by atoms with van der Waals surface area (Å²) >= 11 is 5.79. The standard InChI is InChI=1S/C15H15ClFNO/c1-15(2,17)12-3-5-13(6-4-12)19-10-11-7-8-18-14(16)9-11/h3-9H,10H2,1-2H3. The van der Waals surface area contributed by atoms with E-state index in [2.05, 4.69) is 4.98 Å². The topological polar surface area (TPSA) is 22.1 Å². The highest BCUT2D eigenvalue weighted by Gasteiger charge is 2.18. The number of ether oxygens (including phenoxy) is 1. The van der Waals surface area contributed by atoms with Crippen LogP contribution in [-0.2, 0) is 12.3 Å². The summed E-state index contributed by atoms with van der Waals surface area (Å²) in [6.45, 7) is 3.46. The summed E-state index contributed by atoms with van der Waals surface area (Å²) in [7, 11) is 0. The SMILES string of the molecule is CC(C)(F)c1ccc(OCc2ccnc(Cl)c2)cc1. The Hall–Kier alpha value is -1.61. The molecule has 0 unspecified atom stereocenters. The molecule has 0 aliphatic carbocycles. The Morgan fingerprint density at radius 1 is 1.21 bits per heavy atom. The summed E-state index contributed by atoms with van der Waals surface area (Å²) in [5.41, 5.74) is 0.235. The largest absolute Gasteiger partial charge is 0.489 e. The molecular formula is C15H15ClFNO. The van der Waals surface area contributed by atoms with Gasteiger partial charge >= 0.3 is 0 Å². The molecule has 2 nitrogen and oxygen atoms in total. The van der Waals surface area contributed by atoms with Crippen molar-refractivity contribution in [3.63, 3.8) is 0 Å². The number of pyridine rings is 1. The normalized spacial score (nSPS) is 11.4. The summed E-state index contributed by atoms with van der Waals surface area (Å²) in [6, 6.07) is 10.6. The lowest BCUT2D eigenvalue weighted by molar-refractivity contribution is 0.221. The maximum atomic E-state index is 13.7. The molecule has 4 heteroatoms. The van der Waals surface area contributed by atoms with Gasteiger partial charge < -0.3 is 4.74 Å². The average Bonchev–Trinajstić information content (AvgIpc) is 2.36. The monoisotopic (exact) mass is 279 g/mol. The third kappa shape index (κ3) is 3.93. The molecule has 0 N–H and O–H groups in total. The number of hydrogen-bond donors (Lipinski definition) is 0. The predicted molar refractivity (Wildman–Crippen MR) is 74.2 cm³/mol. The molecule has 0 fully saturated rings. The van der Waals surface area contributed by atoms with Crippen molar-refractivity contribution in [2.24, 2.45) is 0 Å². The first-order valence-electron chi connectivity index (χ1n) is 5.98. The molecule has 0 spiro atoms. The van der Waals surface area contributed by atoms with Crippen molar-refractivity contribution in [3.05, 3.63) is 58.9 Å². The maximum absolute atomic E-state index is 13.7. The molecule has 0 bridgehead atoms. The van der Waals surface area contributed by atoms with Crippen LogP contribution in [0, 0.1) is 0 Å². The molecule has 0 radical (unpaired) electrons. The highest BCUT2D eigenvalue weighted by atomic mass is 35.5. The van der Waals surface area contributed by atoms with E-state index in [1.807, 2.05) is 6.07 Å². The van der Waals surface area contributed by atoms with Crippen molar-refractivity contribution in [2.75, 3.05) is 0 Å². The number of rotatable bonds is 4. The Morgan fingerprint density at radius 2 is 1.89 bits per heavy atom. The summed E-state index contributed by atoms with van der Waals surface area (Å²) < 4.78 is 19.3. The second-order valence-corrected chi connectivity index (χ2v) is 5.16. The summed E-state index contributed by atoms with van der Waals surface area (Å²) in [5, 5.41) is 0.440. The summed E-state index contributed by atoms with van der Waals surface area (Å²) in [5.74, 6) is 0.695. The molecule has 1 aromatic carbocycles. The first kappa shape index (κ1) is 13.8. The van der Waals surface area contributed by atoms with Crippen molar-refractivity contribution in [1.82, 2.24) is 4.98 Å². The first-order valence-corrected chi connectivity index (χ1v) is 6.35. The fraction of sp³-hybridized carbons (Fsp3) is 0.267. The highest BCUT2D eigenvalue weighted by molar-refractivity contribution is 6.29. The fourth-order valence-electron chi connectivity index (χ4n) is 1.65. The molecule has 0 aliphatic rings. The summed E-state index contributed by atoms with van der Waals surface area (Å²) in [4.78, 5) is 3.90. The smallest absolute Gasteiger partial charge is 0.130 e. The van der Waals surface area contributed by atoms with Crippen LogP contribution in [0.1, 0.15) is 25.0 Å². The molecule has 19 heavy (non-hydrogen) atoms. The van der Waals surface area contributed by atoms with Crippen LogP contribution in [-0.4, -0.2) is 4.98 Å². The van der Waals surface area contributed by atoms with Gasteiger partial charge in [-0.1, -0.05) is 23.7 Å². The number of aromatic nitrogens is 1. The Morgan fingerprint density at radius 3 is 2.47 bits per heavy atom. The molecule has 0 amide bonds. The minimum absolute atomic E-state index is 0.403. The van der Waals surface area contributed by atoms with Crippen molar-refractivity contribution in [2.45, 2.75) is 26.1 Å². The van der Waals surface area contributed by atoms with Crippen LogP contribution in [0.2, 0.25) is 5.15 Å². The zero-order valence-electron chi connectivity index (χ0n) is 10.9. The maximum Gasteiger partial charge on any atom is 0.130 e. The highest BCUT2D eigenvalue weighted by Crippen LogP contribution is 2.26. The van der Waals surface area contributed by atoms with Crippen molar-refractivity contribution < 1.29 is 9.13 Å². The van der Waals surface area contributed by atoms with Gasteiger partial charge in [-0.25, -0.2) is 9.37 Å². The molecular weight excluding hydrogens is 265 g/mol. The zero-order valence-corrected chi connectivity index (χ0v) is 11.6. The lowest BCUT2D eigenvalue weighted by Gasteiger charge is -2.15. The van der Waals surface area contributed by atoms with Crippen LogP contribution < -0.4 is 4.74 Å². The number of halogens is 2. The molecule has 1 heterocycles. The van der Waals surface area contributed by atoms with Gasteiger partial charge in [-0.3, -0.25) is 0 Å². The quantitative estimate of drug-likeness (QED) is 0.768. The van der Waals surface area contributed by atoms with Crippen molar-refractivity contribution in [3.8, 4) is 5.75 Å². The molecule has 2 rings (SSSR count). The third-order valence-electron chi connectivity index (χ3n) is 2.74. The molecule has 100 valence electrons. The van der Waals surface area contributed by atoms with E-state index in [4.69, 9.17) is 16.3 Å². The predicted octanol–water partition coefficient (Wildman–Crippen LogP) is 4.52. The van der Waals surface area contributed by atoms with Crippen molar-refractivity contribution >= 4 is 11.6 Å². The number of nitrogens with zero attached hydrogens (tertiary/aromatic N) is 1. The van der Waals surface area contributed by atoms with Crippen LogP contribution in [0.4, 0.5) is 4.39 Å². The van der Waals surface area contributed by atoms with E-state index in [1.54, 1.807) is 36.5 Å². The minimum Gasteiger partial charge on any atom is -0.489 e. The van der Waals surface area contributed by atoms with Gasteiger partial charge in [0, 0.05) is 6.20 Å². The summed E-state index contributed by atoms with van der Waals surface area (Å²) in [6.07, 6.45) is 1.63. The van der Waals surface area contributed by atoms with Crippen LogP contribution in [0.25, 0.3) is 0 Å². The molecule has 1 aromatic heterocycles. The molecule has 0 saturated heterocycles. The van der Waals surface area contributed by atoms with E-state index >= 15 is 0 Å². The lowest BCUT2D eigenvalue weighted by atomic mass is 10.0. The van der Waals surface area contributed by atoms with Gasteiger partial charge in [0.15, 0.2) is 0 Å². The Labute approximate surface area is 117 Å². The number of hydrogen-bond acceptors (Lipinski definition) is 2. The van der Waals surface area contributed by atoms with Crippen LogP contribution in [0.3, 0.4) is 0 Å². The second-order valence-electron chi connectivity index (χ2n) is 4.77. The van der Waals surface area contributed by atoms with Crippen LogP contribution >= 0.6 is 11.6 Å². The van der Waals surface area contributed by atoms with Gasteiger partial charge in [0.05, 0.1) is 0 Å². The zero-order chi connectivity index (χ0) is 13.9. The van der Waals surface area contributed by atoms with Crippen molar-refractivity contribution in [1.29, 1.82) is 0 Å². The lowest BCUT2D eigenvalue weighted by Crippen LogP contribution is -2.08. The van der Waals surface area contributed by atoms with E-state index in [0.717, 1.165) is 5.56 Å². The van der Waals surface area contributed by atoms with Gasteiger partial charge in [-0.15, -0.1) is 0 Å². The number of benzene rings is 1. The Bertz CT molecular complexity index is 549. The van der Waals surface area contributed by atoms with Gasteiger partial charge in [0.25, 0.3) is 0 Å². The van der Waals surface area contributed by atoms with Gasteiger partial charge in [0.1, 0.15) is 23.2 Å². The molecule has 2 aromatic rings. The van der Waals surface area contributed by atoms with E-state index in [9.17, 15) is 4.39 Å². The van der Waals surface area contributed by atoms with Gasteiger partial charge in [0.2, 0.25) is 0 Å². The molecule has 0 saturated carbocycles. The molecule has 0 atom stereocenters. The Balaban J connectivity index is 2.01. The Kier molecular flexibility index (Phi) is 4.05. The average molecular weight is 280 g/mol. The van der Waals surface area contributed by atoms with Gasteiger partial charge in [-0.05, 0) is 49.2 Å². The van der Waals surface area contributed by atoms with E-state index in [0.29, 0.717) is 23.1 Å². The fourth-order valence-corrected chi connectivity index (χ4v) is 1.84. The second kappa shape index (κ2) is 5.57. The third-order valence-corrected chi connectivity index (χ3v) is 2.94. The van der Waals surface area contributed by atoms with Gasteiger partial charge in [-0.2, -0.15) is 0 Å². The molecule has 0 aliphatic heterocycles. The first-order chi connectivity index (χ1) is 8.95.